The third-order valence-electron chi connectivity index (χ3n) is 5.91. The molecule has 8 heteroatoms. The highest BCUT2D eigenvalue weighted by molar-refractivity contribution is 7.47. The lowest BCUT2D eigenvalue weighted by Gasteiger charge is -2.15. The normalized spacial score (nSPS) is 14.5. The van der Waals surface area contributed by atoms with Gasteiger partial charge in [-0.15, -0.1) is 0 Å². The summed E-state index contributed by atoms with van der Waals surface area (Å²) < 4.78 is 26.1. The van der Waals surface area contributed by atoms with E-state index in [1.54, 1.807) is 0 Å². The predicted molar refractivity (Wildman–Crippen MR) is 146 cm³/mol. The van der Waals surface area contributed by atoms with Crippen LogP contribution in [0.15, 0.2) is 12.2 Å². The van der Waals surface area contributed by atoms with Crippen LogP contribution < -0.4 is 5.73 Å². The van der Waals surface area contributed by atoms with Gasteiger partial charge in [0.1, 0.15) is 6.10 Å². The second kappa shape index (κ2) is 26.8. The molecule has 0 saturated carbocycles. The lowest BCUT2D eigenvalue weighted by atomic mass is 10.1. The maximum absolute atomic E-state index is 11.4. The molecular weight excluding hydrogens is 465 g/mol. The highest BCUT2D eigenvalue weighted by Gasteiger charge is 2.22. The highest BCUT2D eigenvalue weighted by atomic mass is 31.2. The molecule has 0 amide bonds. The number of rotatable bonds is 28. The van der Waals surface area contributed by atoms with E-state index in [-0.39, 0.29) is 26.4 Å². The van der Waals surface area contributed by atoms with Crippen molar-refractivity contribution in [1.82, 2.24) is 0 Å². The molecule has 2 atom stereocenters. The minimum absolute atomic E-state index is 0.0718. The molecule has 2 unspecified atom stereocenters. The van der Waals surface area contributed by atoms with Crippen LogP contribution in [0, 0.1) is 0 Å². The maximum atomic E-state index is 11.4. The molecule has 4 N–H and O–H groups in total. The number of hydrogen-bond donors (Lipinski definition) is 3. The fourth-order valence-corrected chi connectivity index (χ4v) is 4.58. The monoisotopic (exact) mass is 521 g/mol. The Kier molecular flexibility index (Phi) is 26.6. The standard InChI is InChI=1S/C27H56NO6P/c1-2-3-4-5-6-7-8-9-10-11-12-13-14-15-16-17-18-19-20-21-23-32-25-27(29)26-34-35(30,31)33-24-22-28/h9-10,27,29H,2-8,11-26,28H2,1H3,(H,30,31)/b10-9-. The van der Waals surface area contributed by atoms with E-state index in [9.17, 15) is 14.6 Å². The average molecular weight is 522 g/mol. The van der Waals surface area contributed by atoms with E-state index in [2.05, 4.69) is 23.6 Å². The van der Waals surface area contributed by atoms with E-state index in [4.69, 9.17) is 15.0 Å². The third kappa shape index (κ3) is 28.2. The first-order valence-corrected chi connectivity index (χ1v) is 15.7. The number of allylic oxidation sites excluding steroid dienone is 2. The number of ether oxygens (including phenoxy) is 1. The predicted octanol–water partition coefficient (Wildman–Crippen LogP) is 7.05. The number of unbranched alkanes of at least 4 members (excludes halogenated alkanes) is 16. The van der Waals surface area contributed by atoms with Gasteiger partial charge in [-0.2, -0.15) is 0 Å². The first kappa shape index (κ1) is 34.7. The van der Waals surface area contributed by atoms with Gasteiger partial charge in [-0.05, 0) is 32.1 Å². The Morgan fingerprint density at radius 1 is 0.714 bits per heavy atom. The zero-order valence-electron chi connectivity index (χ0n) is 22.5. The molecule has 0 aromatic carbocycles. The fraction of sp³-hybridized carbons (Fsp3) is 0.926. The van der Waals surface area contributed by atoms with Gasteiger partial charge in [-0.1, -0.05) is 103 Å². The van der Waals surface area contributed by atoms with Crippen molar-refractivity contribution in [3.8, 4) is 0 Å². The molecule has 35 heavy (non-hydrogen) atoms. The molecule has 0 fully saturated rings. The van der Waals surface area contributed by atoms with Crippen molar-refractivity contribution in [2.45, 2.75) is 129 Å². The van der Waals surface area contributed by atoms with Crippen LogP contribution in [0.4, 0.5) is 0 Å². The third-order valence-corrected chi connectivity index (χ3v) is 6.90. The molecule has 0 heterocycles. The van der Waals surface area contributed by atoms with Gasteiger partial charge in [0.05, 0.1) is 19.8 Å². The summed E-state index contributed by atoms with van der Waals surface area (Å²) in [6, 6.07) is 0. The SMILES string of the molecule is CCCCCCCC/C=C\CCCCCCCCCCCCOCC(O)COP(=O)(O)OCCN. The first-order valence-electron chi connectivity index (χ1n) is 14.2. The van der Waals surface area contributed by atoms with Gasteiger partial charge in [0.25, 0.3) is 0 Å². The van der Waals surface area contributed by atoms with Gasteiger partial charge in [-0.3, -0.25) is 9.05 Å². The van der Waals surface area contributed by atoms with Gasteiger partial charge in [0.2, 0.25) is 0 Å². The van der Waals surface area contributed by atoms with E-state index in [0.29, 0.717) is 6.61 Å². The molecular formula is C27H56NO6P. The van der Waals surface area contributed by atoms with Crippen LogP contribution in [-0.4, -0.2) is 49.1 Å². The lowest BCUT2D eigenvalue weighted by Crippen LogP contribution is -2.22. The average Bonchev–Trinajstić information content (AvgIpc) is 2.84. The molecule has 0 spiro atoms. The molecule has 210 valence electrons. The Hall–Kier alpha value is -0.270. The molecule has 0 saturated heterocycles. The number of aliphatic hydroxyl groups is 1. The zero-order valence-corrected chi connectivity index (χ0v) is 23.4. The quantitative estimate of drug-likeness (QED) is 0.0574. The van der Waals surface area contributed by atoms with Crippen LogP contribution in [0.3, 0.4) is 0 Å². The molecule has 0 aliphatic heterocycles. The number of hydrogen-bond acceptors (Lipinski definition) is 6. The van der Waals surface area contributed by atoms with Gasteiger partial charge >= 0.3 is 7.82 Å². The molecule has 0 rings (SSSR count). The van der Waals surface area contributed by atoms with Crippen LogP contribution in [0.1, 0.15) is 122 Å². The van der Waals surface area contributed by atoms with E-state index in [1.165, 1.54) is 103 Å². The summed E-state index contributed by atoms with van der Waals surface area (Å²) in [4.78, 5) is 9.35. The van der Waals surface area contributed by atoms with Crippen molar-refractivity contribution in [3.05, 3.63) is 12.2 Å². The van der Waals surface area contributed by atoms with Gasteiger partial charge in [0, 0.05) is 13.2 Å². The largest absolute Gasteiger partial charge is 0.472 e. The summed E-state index contributed by atoms with van der Waals surface area (Å²) in [5.74, 6) is 0. The molecule has 0 aromatic rings. The summed E-state index contributed by atoms with van der Waals surface area (Å²) >= 11 is 0. The van der Waals surface area contributed by atoms with Gasteiger partial charge < -0.3 is 20.5 Å². The molecule has 0 aliphatic carbocycles. The van der Waals surface area contributed by atoms with Crippen molar-refractivity contribution in [2.24, 2.45) is 5.73 Å². The number of nitrogens with two attached hydrogens (primary N) is 1. The van der Waals surface area contributed by atoms with E-state index < -0.39 is 13.9 Å². The summed E-state index contributed by atoms with van der Waals surface area (Å²) in [6.45, 7) is 2.66. The van der Waals surface area contributed by atoms with Crippen LogP contribution in [0.2, 0.25) is 0 Å². The van der Waals surface area contributed by atoms with Crippen molar-refractivity contribution >= 4 is 7.82 Å². The van der Waals surface area contributed by atoms with Crippen molar-refractivity contribution in [1.29, 1.82) is 0 Å². The van der Waals surface area contributed by atoms with Crippen LogP contribution >= 0.6 is 7.82 Å². The minimum Gasteiger partial charge on any atom is -0.388 e. The van der Waals surface area contributed by atoms with Gasteiger partial charge in [0.15, 0.2) is 0 Å². The second-order valence-electron chi connectivity index (χ2n) is 9.47. The van der Waals surface area contributed by atoms with Crippen LogP contribution in [0.5, 0.6) is 0 Å². The Balaban J connectivity index is 3.27. The van der Waals surface area contributed by atoms with E-state index in [0.717, 1.165) is 12.8 Å². The lowest BCUT2D eigenvalue weighted by molar-refractivity contribution is 0.00230. The summed E-state index contributed by atoms with van der Waals surface area (Å²) in [6.07, 6.45) is 27.2. The molecule has 7 nitrogen and oxygen atoms in total. The minimum atomic E-state index is -4.14. The summed E-state index contributed by atoms with van der Waals surface area (Å²) in [7, 11) is -4.14. The Morgan fingerprint density at radius 2 is 1.20 bits per heavy atom. The summed E-state index contributed by atoms with van der Waals surface area (Å²) in [5.41, 5.74) is 5.20. The van der Waals surface area contributed by atoms with Crippen LogP contribution in [-0.2, 0) is 18.3 Å². The maximum Gasteiger partial charge on any atom is 0.472 e. The van der Waals surface area contributed by atoms with Crippen LogP contribution in [0.25, 0.3) is 0 Å². The Bertz CT molecular complexity index is 506. The molecule has 0 bridgehead atoms. The topological polar surface area (TPSA) is 111 Å². The van der Waals surface area contributed by atoms with E-state index >= 15 is 0 Å². The molecule has 0 aliphatic rings. The van der Waals surface area contributed by atoms with Crippen molar-refractivity contribution in [3.63, 3.8) is 0 Å². The molecule has 0 aromatic heterocycles. The smallest absolute Gasteiger partial charge is 0.388 e. The van der Waals surface area contributed by atoms with E-state index in [1.807, 2.05) is 0 Å². The number of aliphatic hydroxyl groups excluding tert-OH is 1. The number of phosphoric acid groups is 1. The Morgan fingerprint density at radius 3 is 1.71 bits per heavy atom. The van der Waals surface area contributed by atoms with Crippen molar-refractivity contribution in [2.75, 3.05) is 33.0 Å². The Labute approximate surface area is 215 Å². The fourth-order valence-electron chi connectivity index (χ4n) is 3.81. The number of phosphoric ester groups is 1. The summed E-state index contributed by atoms with van der Waals surface area (Å²) in [5, 5.41) is 9.74. The van der Waals surface area contributed by atoms with Gasteiger partial charge in [-0.25, -0.2) is 4.57 Å². The second-order valence-corrected chi connectivity index (χ2v) is 10.9. The zero-order chi connectivity index (χ0) is 25.9. The molecule has 0 radical (unpaired) electrons. The highest BCUT2D eigenvalue weighted by Crippen LogP contribution is 2.42. The van der Waals surface area contributed by atoms with Crippen molar-refractivity contribution < 1.29 is 28.3 Å². The first-order chi connectivity index (χ1) is 17.0.